The molecule has 0 radical (unpaired) electrons. The highest BCUT2D eigenvalue weighted by molar-refractivity contribution is 7.98. The van der Waals surface area contributed by atoms with Crippen molar-refractivity contribution in [1.29, 1.82) is 0 Å². The van der Waals surface area contributed by atoms with Gasteiger partial charge in [0.25, 0.3) is 5.91 Å². The number of rotatable bonds is 4. The lowest BCUT2D eigenvalue weighted by Gasteiger charge is -2.05. The SMILES string of the molecule is CSc1cccc(NC(=O)c2ccc(NC(C)=O)s2)c1. The van der Waals surface area contributed by atoms with Gasteiger partial charge >= 0.3 is 0 Å². The van der Waals surface area contributed by atoms with Gasteiger partial charge < -0.3 is 10.6 Å². The zero-order valence-electron chi connectivity index (χ0n) is 11.1. The second kappa shape index (κ2) is 6.58. The lowest BCUT2D eigenvalue weighted by atomic mass is 10.3. The summed E-state index contributed by atoms with van der Waals surface area (Å²) in [7, 11) is 0. The first-order valence-electron chi connectivity index (χ1n) is 5.91. The molecule has 0 aliphatic carbocycles. The van der Waals surface area contributed by atoms with Crippen LogP contribution in [0, 0.1) is 0 Å². The van der Waals surface area contributed by atoms with Crippen LogP contribution in [0.3, 0.4) is 0 Å². The normalized spacial score (nSPS) is 10.1. The minimum Gasteiger partial charge on any atom is -0.321 e. The lowest BCUT2D eigenvalue weighted by molar-refractivity contribution is -0.114. The fraction of sp³-hybridized carbons (Fsp3) is 0.143. The summed E-state index contributed by atoms with van der Waals surface area (Å²) < 4.78 is 0. The Morgan fingerprint density at radius 3 is 2.65 bits per heavy atom. The fourth-order valence-electron chi connectivity index (χ4n) is 1.59. The van der Waals surface area contributed by atoms with Crippen molar-refractivity contribution < 1.29 is 9.59 Å². The Morgan fingerprint density at radius 2 is 1.95 bits per heavy atom. The molecule has 1 aromatic heterocycles. The number of nitrogens with one attached hydrogen (secondary N) is 2. The largest absolute Gasteiger partial charge is 0.321 e. The monoisotopic (exact) mass is 306 g/mol. The Balaban J connectivity index is 2.07. The Kier molecular flexibility index (Phi) is 4.81. The van der Waals surface area contributed by atoms with Crippen LogP contribution in [-0.4, -0.2) is 18.1 Å². The average Bonchev–Trinajstić information content (AvgIpc) is 2.86. The fourth-order valence-corrected chi connectivity index (χ4v) is 2.90. The number of carbonyl (C=O) groups is 2. The molecule has 4 nitrogen and oxygen atoms in total. The van der Waals surface area contributed by atoms with Crippen molar-refractivity contribution in [3.05, 3.63) is 41.3 Å². The number of thioether (sulfide) groups is 1. The van der Waals surface area contributed by atoms with E-state index in [9.17, 15) is 9.59 Å². The Morgan fingerprint density at radius 1 is 1.15 bits per heavy atom. The first-order valence-corrected chi connectivity index (χ1v) is 7.95. The summed E-state index contributed by atoms with van der Waals surface area (Å²) in [4.78, 5) is 24.7. The highest BCUT2D eigenvalue weighted by atomic mass is 32.2. The molecule has 20 heavy (non-hydrogen) atoms. The molecular weight excluding hydrogens is 292 g/mol. The summed E-state index contributed by atoms with van der Waals surface area (Å²) >= 11 is 2.87. The molecule has 6 heteroatoms. The van der Waals surface area contributed by atoms with Crippen molar-refractivity contribution in [2.24, 2.45) is 0 Å². The molecule has 0 atom stereocenters. The van der Waals surface area contributed by atoms with Crippen molar-refractivity contribution in [2.45, 2.75) is 11.8 Å². The van der Waals surface area contributed by atoms with Gasteiger partial charge in [-0.3, -0.25) is 9.59 Å². The van der Waals surface area contributed by atoms with E-state index in [1.807, 2.05) is 30.5 Å². The summed E-state index contributed by atoms with van der Waals surface area (Å²) in [6.07, 6.45) is 1.99. The first kappa shape index (κ1) is 14.6. The molecule has 0 bridgehead atoms. The van der Waals surface area contributed by atoms with E-state index in [1.165, 1.54) is 18.3 Å². The maximum atomic E-state index is 12.1. The minimum atomic E-state index is -0.176. The zero-order valence-corrected chi connectivity index (χ0v) is 12.7. The van der Waals surface area contributed by atoms with Crippen LogP contribution in [0.4, 0.5) is 10.7 Å². The number of anilines is 2. The van der Waals surface area contributed by atoms with Crippen LogP contribution in [0.25, 0.3) is 0 Å². The van der Waals surface area contributed by atoms with Crippen LogP contribution < -0.4 is 10.6 Å². The second-order valence-corrected chi connectivity index (χ2v) is 5.99. The molecule has 0 spiro atoms. The van der Waals surface area contributed by atoms with Gasteiger partial charge in [-0.2, -0.15) is 0 Å². The van der Waals surface area contributed by atoms with E-state index in [2.05, 4.69) is 10.6 Å². The summed E-state index contributed by atoms with van der Waals surface area (Å²) in [5, 5.41) is 6.17. The van der Waals surface area contributed by atoms with Crippen LogP contribution in [0.5, 0.6) is 0 Å². The molecule has 104 valence electrons. The smallest absolute Gasteiger partial charge is 0.265 e. The van der Waals surface area contributed by atoms with E-state index in [1.54, 1.807) is 23.9 Å². The number of benzene rings is 1. The molecule has 0 aliphatic rings. The second-order valence-electron chi connectivity index (χ2n) is 4.03. The molecule has 1 heterocycles. The lowest BCUT2D eigenvalue weighted by Crippen LogP contribution is -2.10. The Bertz CT molecular complexity index is 638. The van der Waals surface area contributed by atoms with Gasteiger partial charge in [0.2, 0.25) is 5.91 Å². The maximum Gasteiger partial charge on any atom is 0.265 e. The van der Waals surface area contributed by atoms with Gasteiger partial charge in [0.05, 0.1) is 9.88 Å². The standard InChI is InChI=1S/C14H14N2O2S2/c1-9(17)15-13-7-6-12(20-13)14(18)16-10-4-3-5-11(8-10)19-2/h3-8H,1-2H3,(H,15,17)(H,16,18). The molecule has 2 N–H and O–H groups in total. The van der Waals surface area contributed by atoms with Crippen LogP contribution in [0.1, 0.15) is 16.6 Å². The molecular formula is C14H14N2O2S2. The molecule has 2 rings (SSSR count). The highest BCUT2D eigenvalue weighted by Crippen LogP contribution is 2.24. The molecule has 2 amide bonds. The van der Waals surface area contributed by atoms with Crippen LogP contribution >= 0.6 is 23.1 Å². The van der Waals surface area contributed by atoms with Crippen molar-refractivity contribution in [1.82, 2.24) is 0 Å². The van der Waals surface area contributed by atoms with Crippen molar-refractivity contribution in [2.75, 3.05) is 16.9 Å². The summed E-state index contributed by atoms with van der Waals surface area (Å²) in [6, 6.07) is 11.1. The zero-order chi connectivity index (χ0) is 14.5. The van der Waals surface area contributed by atoms with Gasteiger partial charge in [0, 0.05) is 17.5 Å². The third-order valence-electron chi connectivity index (χ3n) is 2.46. The van der Waals surface area contributed by atoms with Gasteiger partial charge in [-0.25, -0.2) is 0 Å². The number of hydrogen-bond donors (Lipinski definition) is 2. The van der Waals surface area contributed by atoms with E-state index < -0.39 is 0 Å². The summed E-state index contributed by atoms with van der Waals surface area (Å²) in [6.45, 7) is 1.44. The maximum absolute atomic E-state index is 12.1. The predicted octanol–water partition coefficient (Wildman–Crippen LogP) is 3.68. The van der Waals surface area contributed by atoms with E-state index in [0.717, 1.165) is 10.6 Å². The topological polar surface area (TPSA) is 58.2 Å². The first-order chi connectivity index (χ1) is 9.58. The molecule has 1 aromatic carbocycles. The van der Waals surface area contributed by atoms with E-state index in [-0.39, 0.29) is 11.8 Å². The van der Waals surface area contributed by atoms with Crippen molar-refractivity contribution >= 4 is 45.6 Å². The van der Waals surface area contributed by atoms with E-state index >= 15 is 0 Å². The summed E-state index contributed by atoms with van der Waals surface area (Å²) in [5.41, 5.74) is 0.760. The van der Waals surface area contributed by atoms with Crippen LogP contribution in [0.15, 0.2) is 41.3 Å². The quantitative estimate of drug-likeness (QED) is 0.847. The molecule has 0 saturated heterocycles. The van der Waals surface area contributed by atoms with Gasteiger partial charge in [-0.1, -0.05) is 6.07 Å². The molecule has 0 unspecified atom stereocenters. The summed E-state index contributed by atoms with van der Waals surface area (Å²) in [5.74, 6) is -0.323. The molecule has 0 aliphatic heterocycles. The minimum absolute atomic E-state index is 0.147. The van der Waals surface area contributed by atoms with Crippen LogP contribution in [0.2, 0.25) is 0 Å². The highest BCUT2D eigenvalue weighted by Gasteiger charge is 2.10. The molecule has 2 aromatic rings. The Labute approximate surface area is 125 Å². The number of amides is 2. The van der Waals surface area contributed by atoms with Crippen molar-refractivity contribution in [3.8, 4) is 0 Å². The van der Waals surface area contributed by atoms with Gasteiger partial charge in [-0.05, 0) is 36.6 Å². The predicted molar refractivity (Wildman–Crippen MR) is 84.8 cm³/mol. The van der Waals surface area contributed by atoms with E-state index in [4.69, 9.17) is 0 Å². The third-order valence-corrected chi connectivity index (χ3v) is 4.18. The van der Waals surface area contributed by atoms with Crippen molar-refractivity contribution in [3.63, 3.8) is 0 Å². The molecule has 0 fully saturated rings. The van der Waals surface area contributed by atoms with Gasteiger partial charge in [0.15, 0.2) is 0 Å². The molecule has 0 saturated carbocycles. The number of carbonyl (C=O) groups excluding carboxylic acids is 2. The van der Waals surface area contributed by atoms with E-state index in [0.29, 0.717) is 9.88 Å². The van der Waals surface area contributed by atoms with Gasteiger partial charge in [-0.15, -0.1) is 23.1 Å². The third kappa shape index (κ3) is 3.85. The number of thiophene rings is 1. The van der Waals surface area contributed by atoms with Gasteiger partial charge in [0.1, 0.15) is 0 Å². The number of hydrogen-bond acceptors (Lipinski definition) is 4. The Hall–Kier alpha value is -1.79. The average molecular weight is 306 g/mol. The van der Waals surface area contributed by atoms with Crippen LogP contribution in [-0.2, 0) is 4.79 Å².